The van der Waals surface area contributed by atoms with Gasteiger partial charge in [0, 0.05) is 19.3 Å². The van der Waals surface area contributed by atoms with Gasteiger partial charge in [0.05, 0.1) is 0 Å². The van der Waals surface area contributed by atoms with Crippen LogP contribution in [0.5, 0.6) is 0 Å². The molecule has 0 rings (SSSR count). The Morgan fingerprint density at radius 3 is 1.49 bits per heavy atom. The van der Waals surface area contributed by atoms with Crippen molar-refractivity contribution < 1.29 is 28.6 Å². The average molecular weight is 497 g/mol. The Morgan fingerprint density at radius 1 is 0.543 bits per heavy atom. The van der Waals surface area contributed by atoms with Crippen LogP contribution in [0, 0.1) is 0 Å². The molecule has 0 heterocycles. The molecule has 0 aromatic carbocycles. The largest absolute Gasteiger partial charge is 0.462 e. The van der Waals surface area contributed by atoms with Gasteiger partial charge in [-0.05, 0) is 44.9 Å². The second-order valence-corrected chi connectivity index (χ2v) is 9.31. The molecule has 0 N–H and O–H groups in total. The van der Waals surface area contributed by atoms with E-state index in [0.717, 1.165) is 25.7 Å². The van der Waals surface area contributed by atoms with Gasteiger partial charge in [0.2, 0.25) is 0 Å². The van der Waals surface area contributed by atoms with Crippen molar-refractivity contribution in [1.82, 2.24) is 0 Å². The Hall–Kier alpha value is -1.85. The van der Waals surface area contributed by atoms with Gasteiger partial charge in [0.25, 0.3) is 0 Å². The molecular formula is C29H52O6. The SMILES string of the molecule is CCCCCCCC/C=C\CCCCCCCC(=O)OC(COC(=O)CCC)COC(=O)CCC. The number of hydrogen-bond donors (Lipinski definition) is 0. The fourth-order valence-electron chi connectivity index (χ4n) is 3.63. The predicted octanol–water partition coefficient (Wildman–Crippen LogP) is 7.62. The van der Waals surface area contributed by atoms with Gasteiger partial charge in [-0.25, -0.2) is 0 Å². The van der Waals surface area contributed by atoms with Crippen LogP contribution in [-0.2, 0) is 28.6 Å². The molecule has 6 nitrogen and oxygen atoms in total. The smallest absolute Gasteiger partial charge is 0.306 e. The molecule has 0 aliphatic carbocycles. The molecule has 0 aliphatic rings. The Bertz CT molecular complexity index is 535. The summed E-state index contributed by atoms with van der Waals surface area (Å²) in [5.41, 5.74) is 0. The van der Waals surface area contributed by atoms with E-state index in [1.165, 1.54) is 57.8 Å². The normalized spacial score (nSPS) is 11.2. The summed E-state index contributed by atoms with van der Waals surface area (Å²) in [6.45, 7) is 5.85. The first-order valence-corrected chi connectivity index (χ1v) is 14.2. The van der Waals surface area contributed by atoms with E-state index in [1.807, 2.05) is 13.8 Å². The van der Waals surface area contributed by atoms with Crippen LogP contribution in [-0.4, -0.2) is 37.2 Å². The molecule has 0 aromatic rings. The van der Waals surface area contributed by atoms with E-state index < -0.39 is 6.10 Å². The second-order valence-electron chi connectivity index (χ2n) is 9.31. The lowest BCUT2D eigenvalue weighted by atomic mass is 10.1. The van der Waals surface area contributed by atoms with Crippen molar-refractivity contribution in [3.05, 3.63) is 12.2 Å². The maximum atomic E-state index is 12.2. The van der Waals surface area contributed by atoms with E-state index >= 15 is 0 Å². The van der Waals surface area contributed by atoms with Crippen LogP contribution in [0.3, 0.4) is 0 Å². The highest BCUT2D eigenvalue weighted by atomic mass is 16.6. The molecule has 0 aliphatic heterocycles. The molecule has 0 radical (unpaired) electrons. The summed E-state index contributed by atoms with van der Waals surface area (Å²) in [5, 5.41) is 0. The maximum absolute atomic E-state index is 12.2. The van der Waals surface area contributed by atoms with Crippen LogP contribution in [0.2, 0.25) is 0 Å². The summed E-state index contributed by atoms with van der Waals surface area (Å²) in [7, 11) is 0. The Labute approximate surface area is 214 Å². The number of rotatable bonds is 24. The number of hydrogen-bond acceptors (Lipinski definition) is 6. The number of carbonyl (C=O) groups excluding carboxylic acids is 3. The van der Waals surface area contributed by atoms with E-state index in [-0.39, 0.29) is 31.1 Å². The fourth-order valence-corrected chi connectivity index (χ4v) is 3.63. The highest BCUT2D eigenvalue weighted by Crippen LogP contribution is 2.11. The molecule has 0 bridgehead atoms. The van der Waals surface area contributed by atoms with Crippen molar-refractivity contribution in [2.45, 2.75) is 142 Å². The molecule has 35 heavy (non-hydrogen) atoms. The first kappa shape index (κ1) is 33.1. The van der Waals surface area contributed by atoms with Crippen LogP contribution in [0.15, 0.2) is 12.2 Å². The second kappa shape index (κ2) is 25.2. The number of ether oxygens (including phenoxy) is 3. The minimum Gasteiger partial charge on any atom is -0.462 e. The first-order valence-electron chi connectivity index (χ1n) is 14.2. The van der Waals surface area contributed by atoms with E-state index in [4.69, 9.17) is 14.2 Å². The van der Waals surface area contributed by atoms with Crippen molar-refractivity contribution in [2.75, 3.05) is 13.2 Å². The van der Waals surface area contributed by atoms with E-state index in [0.29, 0.717) is 32.1 Å². The maximum Gasteiger partial charge on any atom is 0.306 e. The summed E-state index contributed by atoms with van der Waals surface area (Å²) in [6.07, 6.45) is 21.8. The van der Waals surface area contributed by atoms with Gasteiger partial charge in [0.15, 0.2) is 6.10 Å². The molecule has 0 amide bonds. The molecular weight excluding hydrogens is 444 g/mol. The highest BCUT2D eigenvalue weighted by Gasteiger charge is 2.19. The molecule has 0 spiro atoms. The summed E-state index contributed by atoms with van der Waals surface area (Å²) < 4.78 is 15.7. The van der Waals surface area contributed by atoms with Crippen molar-refractivity contribution >= 4 is 17.9 Å². The first-order chi connectivity index (χ1) is 17.0. The lowest BCUT2D eigenvalue weighted by Gasteiger charge is -2.18. The number of allylic oxidation sites excluding steroid dienone is 2. The van der Waals surface area contributed by atoms with Crippen LogP contribution in [0.25, 0.3) is 0 Å². The lowest BCUT2D eigenvalue weighted by Crippen LogP contribution is -2.30. The summed E-state index contributed by atoms with van der Waals surface area (Å²) >= 11 is 0. The van der Waals surface area contributed by atoms with Crippen LogP contribution < -0.4 is 0 Å². The Kier molecular flexibility index (Phi) is 23.9. The molecule has 0 unspecified atom stereocenters. The third kappa shape index (κ3) is 23.7. The van der Waals surface area contributed by atoms with Crippen LogP contribution in [0.1, 0.15) is 136 Å². The quantitative estimate of drug-likeness (QED) is 0.0592. The zero-order valence-corrected chi connectivity index (χ0v) is 22.8. The summed E-state index contributed by atoms with van der Waals surface area (Å²) in [5.74, 6) is -1.03. The lowest BCUT2D eigenvalue weighted by molar-refractivity contribution is -0.166. The van der Waals surface area contributed by atoms with Gasteiger partial charge in [-0.1, -0.05) is 84.3 Å². The Balaban J connectivity index is 3.91. The number of unbranched alkanes of at least 4 members (excludes halogenated alkanes) is 11. The van der Waals surface area contributed by atoms with Crippen LogP contribution >= 0.6 is 0 Å². The van der Waals surface area contributed by atoms with Gasteiger partial charge in [0.1, 0.15) is 13.2 Å². The molecule has 0 aromatic heterocycles. The third-order valence-corrected chi connectivity index (χ3v) is 5.71. The van der Waals surface area contributed by atoms with E-state index in [2.05, 4.69) is 19.1 Å². The monoisotopic (exact) mass is 496 g/mol. The fraction of sp³-hybridized carbons (Fsp3) is 0.828. The van der Waals surface area contributed by atoms with Crippen LogP contribution in [0.4, 0.5) is 0 Å². The van der Waals surface area contributed by atoms with Crippen molar-refractivity contribution in [3.63, 3.8) is 0 Å². The van der Waals surface area contributed by atoms with Crippen molar-refractivity contribution in [2.24, 2.45) is 0 Å². The molecule has 0 atom stereocenters. The number of carbonyl (C=O) groups is 3. The van der Waals surface area contributed by atoms with Gasteiger partial charge >= 0.3 is 17.9 Å². The summed E-state index contributed by atoms with van der Waals surface area (Å²) in [6, 6.07) is 0. The van der Waals surface area contributed by atoms with Gasteiger partial charge in [-0.2, -0.15) is 0 Å². The standard InChI is InChI=1S/C29H52O6/c1-4-7-8-9-10-11-12-13-14-15-16-17-18-19-20-23-29(32)35-26(24-33-27(30)21-5-2)25-34-28(31)22-6-3/h13-14,26H,4-12,15-25H2,1-3H3/b14-13-. The molecule has 204 valence electrons. The minimum absolute atomic E-state index is 0.0870. The molecule has 0 fully saturated rings. The van der Waals surface area contributed by atoms with Gasteiger partial charge in [-0.15, -0.1) is 0 Å². The molecule has 0 saturated heterocycles. The summed E-state index contributed by atoms with van der Waals surface area (Å²) in [4.78, 5) is 35.5. The van der Waals surface area contributed by atoms with E-state index in [1.54, 1.807) is 0 Å². The average Bonchev–Trinajstić information content (AvgIpc) is 2.83. The number of esters is 3. The zero-order chi connectivity index (χ0) is 26.0. The highest BCUT2D eigenvalue weighted by molar-refractivity contribution is 5.71. The topological polar surface area (TPSA) is 78.9 Å². The zero-order valence-electron chi connectivity index (χ0n) is 22.8. The predicted molar refractivity (Wildman–Crippen MR) is 141 cm³/mol. The van der Waals surface area contributed by atoms with E-state index in [9.17, 15) is 14.4 Å². The third-order valence-electron chi connectivity index (χ3n) is 5.71. The van der Waals surface area contributed by atoms with Crippen molar-refractivity contribution in [1.29, 1.82) is 0 Å². The molecule has 0 saturated carbocycles. The molecule has 6 heteroatoms. The van der Waals surface area contributed by atoms with Gasteiger partial charge < -0.3 is 14.2 Å². The minimum atomic E-state index is -0.757. The van der Waals surface area contributed by atoms with Gasteiger partial charge in [-0.3, -0.25) is 14.4 Å². The van der Waals surface area contributed by atoms with Crippen molar-refractivity contribution in [3.8, 4) is 0 Å². The Morgan fingerprint density at radius 2 is 1.00 bits per heavy atom.